The highest BCUT2D eigenvalue weighted by molar-refractivity contribution is 6.10. The minimum absolute atomic E-state index is 0.0643. The summed E-state index contributed by atoms with van der Waals surface area (Å²) in [6, 6.07) is 16.2. The fourth-order valence-electron chi connectivity index (χ4n) is 2.53. The van der Waals surface area contributed by atoms with Gasteiger partial charge >= 0.3 is 0 Å². The van der Waals surface area contributed by atoms with E-state index in [2.05, 4.69) is 24.0 Å². The van der Waals surface area contributed by atoms with Gasteiger partial charge in [0, 0.05) is 23.4 Å². The number of nitrogens with one attached hydrogen (secondary N) is 1. The summed E-state index contributed by atoms with van der Waals surface area (Å²) in [6.45, 7) is 3.66. The van der Waals surface area contributed by atoms with E-state index in [1.165, 1.54) is 0 Å². The number of aromatic nitrogens is 1. The van der Waals surface area contributed by atoms with Gasteiger partial charge in [0.05, 0.1) is 5.69 Å². The first-order chi connectivity index (χ1) is 9.18. The molecule has 0 aliphatic carbocycles. The number of ketones is 1. The number of aromatic amines is 1. The Bertz CT molecular complexity index is 754. The van der Waals surface area contributed by atoms with Crippen molar-refractivity contribution in [2.24, 2.45) is 0 Å². The van der Waals surface area contributed by atoms with E-state index in [-0.39, 0.29) is 5.78 Å². The molecule has 1 aromatic heterocycles. The van der Waals surface area contributed by atoms with E-state index in [9.17, 15) is 4.79 Å². The van der Waals surface area contributed by atoms with Crippen LogP contribution < -0.4 is 0 Å². The van der Waals surface area contributed by atoms with Crippen molar-refractivity contribution in [2.45, 2.75) is 13.8 Å². The van der Waals surface area contributed by atoms with Gasteiger partial charge in [-0.15, -0.1) is 0 Å². The zero-order valence-corrected chi connectivity index (χ0v) is 11.0. The first-order valence-corrected chi connectivity index (χ1v) is 6.36. The topological polar surface area (TPSA) is 32.9 Å². The van der Waals surface area contributed by atoms with Crippen LogP contribution in [0.3, 0.4) is 0 Å². The molecule has 3 aromatic rings. The molecule has 0 fully saturated rings. The average Bonchev–Trinajstić information content (AvgIpc) is 2.81. The zero-order valence-electron chi connectivity index (χ0n) is 11.0. The molecule has 2 heteroatoms. The molecule has 0 amide bonds. The molecule has 1 N–H and O–H groups in total. The maximum atomic E-state index is 11.9. The lowest BCUT2D eigenvalue weighted by atomic mass is 10.00. The molecule has 19 heavy (non-hydrogen) atoms. The van der Waals surface area contributed by atoms with E-state index in [0.29, 0.717) is 5.69 Å². The first-order valence-electron chi connectivity index (χ1n) is 6.36. The lowest BCUT2D eigenvalue weighted by Gasteiger charge is -2.02. The van der Waals surface area contributed by atoms with Crippen LogP contribution in [0.5, 0.6) is 0 Å². The van der Waals surface area contributed by atoms with Crippen LogP contribution in [0.15, 0.2) is 48.5 Å². The Hall–Kier alpha value is -2.35. The molecule has 0 atom stereocenters. The smallest absolute Gasteiger partial charge is 0.176 e. The third-order valence-corrected chi connectivity index (χ3v) is 3.46. The quantitative estimate of drug-likeness (QED) is 0.673. The van der Waals surface area contributed by atoms with Crippen molar-refractivity contribution in [3.8, 4) is 11.1 Å². The van der Waals surface area contributed by atoms with Crippen molar-refractivity contribution in [2.75, 3.05) is 0 Å². The number of rotatable bonds is 2. The van der Waals surface area contributed by atoms with Gasteiger partial charge in [-0.1, -0.05) is 48.5 Å². The molecule has 0 saturated heterocycles. The van der Waals surface area contributed by atoms with Gasteiger partial charge < -0.3 is 4.98 Å². The number of hydrogen-bond acceptors (Lipinski definition) is 1. The number of carbonyl (C=O) groups excluding carboxylic acids is 1. The lowest BCUT2D eigenvalue weighted by molar-refractivity contribution is 0.101. The monoisotopic (exact) mass is 249 g/mol. The van der Waals surface area contributed by atoms with Crippen molar-refractivity contribution in [1.82, 2.24) is 4.98 Å². The van der Waals surface area contributed by atoms with E-state index in [4.69, 9.17) is 0 Å². The van der Waals surface area contributed by atoms with Crippen molar-refractivity contribution in [1.29, 1.82) is 0 Å². The number of H-pyrrole nitrogens is 1. The fourth-order valence-corrected chi connectivity index (χ4v) is 2.53. The van der Waals surface area contributed by atoms with Crippen LogP contribution in [0, 0.1) is 6.92 Å². The van der Waals surface area contributed by atoms with E-state index in [0.717, 1.165) is 27.6 Å². The summed E-state index contributed by atoms with van der Waals surface area (Å²) in [5.41, 5.74) is 4.97. The Balaban J connectivity index is 2.42. The third kappa shape index (κ3) is 1.85. The molecule has 2 aromatic carbocycles. The number of fused-ring (bicyclic) bond motifs is 1. The molecule has 0 aliphatic rings. The van der Waals surface area contributed by atoms with Crippen LogP contribution in [0.1, 0.15) is 23.0 Å². The summed E-state index contributed by atoms with van der Waals surface area (Å²) in [6.07, 6.45) is 0. The molecule has 0 spiro atoms. The van der Waals surface area contributed by atoms with Gasteiger partial charge in [-0.25, -0.2) is 0 Å². The van der Waals surface area contributed by atoms with E-state index >= 15 is 0 Å². The van der Waals surface area contributed by atoms with Gasteiger partial charge in [0.1, 0.15) is 0 Å². The molecular weight excluding hydrogens is 234 g/mol. The van der Waals surface area contributed by atoms with Crippen LogP contribution in [0.4, 0.5) is 0 Å². The standard InChI is InChI=1S/C17H15NO/c1-11-7-6-10-14-15(13-8-4-3-5-9-13)17(12(2)19)18-16(11)14/h3-10,18H,1-2H3. The number of Topliss-reactive ketones (excluding diaryl/α,β-unsaturated/α-hetero) is 1. The third-order valence-electron chi connectivity index (χ3n) is 3.46. The molecule has 0 bridgehead atoms. The van der Waals surface area contributed by atoms with Gasteiger partial charge in [-0.2, -0.15) is 0 Å². The normalized spacial score (nSPS) is 10.8. The highest BCUT2D eigenvalue weighted by Gasteiger charge is 2.16. The number of benzene rings is 2. The summed E-state index contributed by atoms with van der Waals surface area (Å²) >= 11 is 0. The predicted octanol–water partition coefficient (Wildman–Crippen LogP) is 4.35. The summed E-state index contributed by atoms with van der Waals surface area (Å²) in [5.74, 6) is 0.0643. The highest BCUT2D eigenvalue weighted by atomic mass is 16.1. The average molecular weight is 249 g/mol. The minimum atomic E-state index is 0.0643. The summed E-state index contributed by atoms with van der Waals surface area (Å²) in [4.78, 5) is 15.2. The van der Waals surface area contributed by atoms with Crippen molar-refractivity contribution >= 4 is 16.7 Å². The zero-order chi connectivity index (χ0) is 13.4. The molecule has 3 rings (SSSR count). The van der Waals surface area contributed by atoms with Crippen LogP contribution in [-0.4, -0.2) is 10.8 Å². The molecular formula is C17H15NO. The first kappa shape index (κ1) is 11.7. The molecule has 0 saturated carbocycles. The van der Waals surface area contributed by atoms with Crippen molar-refractivity contribution in [3.05, 3.63) is 59.8 Å². The van der Waals surface area contributed by atoms with Crippen molar-refractivity contribution < 1.29 is 4.79 Å². The maximum Gasteiger partial charge on any atom is 0.176 e. The largest absolute Gasteiger partial charge is 0.351 e. The number of para-hydroxylation sites is 1. The van der Waals surface area contributed by atoms with Gasteiger partial charge in [-0.3, -0.25) is 4.79 Å². The Morgan fingerprint density at radius 1 is 1.00 bits per heavy atom. The van der Waals surface area contributed by atoms with E-state index in [1.54, 1.807) is 6.92 Å². The van der Waals surface area contributed by atoms with E-state index < -0.39 is 0 Å². The predicted molar refractivity (Wildman–Crippen MR) is 78.5 cm³/mol. The van der Waals surface area contributed by atoms with Crippen LogP contribution in [0.2, 0.25) is 0 Å². The SMILES string of the molecule is CC(=O)c1[nH]c2c(C)cccc2c1-c1ccccc1. The van der Waals surface area contributed by atoms with Crippen LogP contribution in [0.25, 0.3) is 22.0 Å². The molecule has 0 aliphatic heterocycles. The second kappa shape index (κ2) is 4.39. The maximum absolute atomic E-state index is 11.9. The lowest BCUT2D eigenvalue weighted by Crippen LogP contribution is -1.94. The summed E-state index contributed by atoms with van der Waals surface area (Å²) < 4.78 is 0. The highest BCUT2D eigenvalue weighted by Crippen LogP contribution is 2.33. The number of aryl methyl sites for hydroxylation is 1. The minimum Gasteiger partial charge on any atom is -0.351 e. The Morgan fingerprint density at radius 3 is 2.42 bits per heavy atom. The van der Waals surface area contributed by atoms with Gasteiger partial charge in [0.2, 0.25) is 0 Å². The molecule has 94 valence electrons. The number of carbonyl (C=O) groups is 1. The van der Waals surface area contributed by atoms with Crippen molar-refractivity contribution in [3.63, 3.8) is 0 Å². The van der Waals surface area contributed by atoms with Gasteiger partial charge in [0.15, 0.2) is 5.78 Å². The summed E-state index contributed by atoms with van der Waals surface area (Å²) in [5, 5.41) is 1.11. The molecule has 0 unspecified atom stereocenters. The second-order valence-electron chi connectivity index (χ2n) is 4.79. The number of hydrogen-bond donors (Lipinski definition) is 1. The molecule has 2 nitrogen and oxygen atoms in total. The molecule has 1 heterocycles. The summed E-state index contributed by atoms with van der Waals surface area (Å²) in [7, 11) is 0. The van der Waals surface area contributed by atoms with Gasteiger partial charge in [0.25, 0.3) is 0 Å². The Kier molecular flexibility index (Phi) is 2.71. The van der Waals surface area contributed by atoms with Gasteiger partial charge in [-0.05, 0) is 18.1 Å². The van der Waals surface area contributed by atoms with Crippen LogP contribution >= 0.6 is 0 Å². The van der Waals surface area contributed by atoms with Crippen LogP contribution in [-0.2, 0) is 0 Å². The Labute approximate surface area is 112 Å². The Morgan fingerprint density at radius 2 is 1.74 bits per heavy atom. The molecule has 0 radical (unpaired) electrons. The fraction of sp³-hybridized carbons (Fsp3) is 0.118. The second-order valence-corrected chi connectivity index (χ2v) is 4.79. The van der Waals surface area contributed by atoms with E-state index in [1.807, 2.05) is 36.4 Å².